The minimum absolute atomic E-state index is 0.0110. The molecule has 0 amide bonds. The van der Waals surface area contributed by atoms with Gasteiger partial charge in [0.2, 0.25) is 10.0 Å². The number of rotatable bonds is 5. The molecule has 0 bridgehead atoms. The van der Waals surface area contributed by atoms with Crippen LogP contribution in [-0.2, 0) is 28.8 Å². The van der Waals surface area contributed by atoms with E-state index in [0.717, 1.165) is 28.6 Å². The molecule has 0 spiro atoms. The lowest BCUT2D eigenvalue weighted by Gasteiger charge is -2.40. The molecule has 0 aliphatic carbocycles. The molecule has 32 heavy (non-hydrogen) atoms. The number of aliphatic hydroxyl groups excluding tert-OH is 1. The number of sulfonamides is 1. The molecule has 0 saturated carbocycles. The Kier molecular flexibility index (Phi) is 6.65. The highest BCUT2D eigenvalue weighted by Gasteiger charge is 2.39. The van der Waals surface area contributed by atoms with Gasteiger partial charge >= 0.3 is 12.4 Å². The molecule has 0 aromatic heterocycles. The van der Waals surface area contributed by atoms with Crippen molar-refractivity contribution >= 4 is 10.0 Å². The van der Waals surface area contributed by atoms with Crippen molar-refractivity contribution in [1.82, 2.24) is 4.31 Å². The van der Waals surface area contributed by atoms with Gasteiger partial charge in [0.1, 0.15) is 0 Å². The van der Waals surface area contributed by atoms with E-state index in [-0.39, 0.29) is 43.9 Å². The van der Waals surface area contributed by atoms with E-state index >= 15 is 0 Å². The molecule has 176 valence electrons. The molecule has 1 aliphatic rings. The first-order valence-electron chi connectivity index (χ1n) is 9.71. The minimum Gasteiger partial charge on any atom is -0.396 e. The van der Waals surface area contributed by atoms with E-state index in [1.165, 1.54) is 12.1 Å². The quantitative estimate of drug-likeness (QED) is 0.629. The van der Waals surface area contributed by atoms with Crippen molar-refractivity contribution in [2.75, 3.05) is 19.7 Å². The van der Waals surface area contributed by atoms with Gasteiger partial charge in [0, 0.05) is 19.7 Å². The first-order chi connectivity index (χ1) is 14.8. The molecule has 1 saturated heterocycles. The Balaban J connectivity index is 1.73. The monoisotopic (exact) mass is 481 g/mol. The summed E-state index contributed by atoms with van der Waals surface area (Å²) in [5, 5.41) is 9.95. The predicted octanol–water partition coefficient (Wildman–Crippen LogP) is 4.73. The van der Waals surface area contributed by atoms with E-state index in [9.17, 15) is 39.9 Å². The van der Waals surface area contributed by atoms with E-state index in [4.69, 9.17) is 0 Å². The highest BCUT2D eigenvalue weighted by Crippen LogP contribution is 2.38. The Morgan fingerprint density at radius 2 is 1.44 bits per heavy atom. The molecule has 1 aliphatic heterocycles. The molecule has 4 nitrogen and oxygen atoms in total. The van der Waals surface area contributed by atoms with Gasteiger partial charge in [0.25, 0.3) is 0 Å². The summed E-state index contributed by atoms with van der Waals surface area (Å²) in [6, 6.07) is 7.97. The van der Waals surface area contributed by atoms with E-state index in [0.29, 0.717) is 17.7 Å². The molecule has 0 radical (unpaired) electrons. The number of piperidine rings is 1. The van der Waals surface area contributed by atoms with Gasteiger partial charge in [-0.15, -0.1) is 0 Å². The van der Waals surface area contributed by atoms with Gasteiger partial charge in [-0.05, 0) is 60.6 Å². The molecule has 1 N–H and O–H groups in total. The SMILES string of the molecule is O=S(=O)(c1ccc(C(F)(F)F)cc1)N1CCC(CO)(Cc2cccc(C(F)(F)F)c2)CC1. The van der Waals surface area contributed by atoms with Gasteiger partial charge in [0.05, 0.1) is 16.0 Å². The van der Waals surface area contributed by atoms with Crippen LogP contribution in [0.4, 0.5) is 26.3 Å². The summed E-state index contributed by atoms with van der Waals surface area (Å²) in [4.78, 5) is -0.278. The highest BCUT2D eigenvalue weighted by molar-refractivity contribution is 7.89. The Morgan fingerprint density at radius 3 is 1.94 bits per heavy atom. The summed E-state index contributed by atoms with van der Waals surface area (Å²) in [7, 11) is -4.05. The van der Waals surface area contributed by atoms with Crippen molar-refractivity contribution in [1.29, 1.82) is 0 Å². The molecular formula is C21H21F6NO3S. The van der Waals surface area contributed by atoms with Crippen LogP contribution in [-0.4, -0.2) is 37.5 Å². The number of hydrogen-bond donors (Lipinski definition) is 1. The molecule has 1 fully saturated rings. The Hall–Kier alpha value is -2.11. The molecule has 11 heteroatoms. The van der Waals surface area contributed by atoms with Gasteiger partial charge in [0.15, 0.2) is 0 Å². The number of alkyl halides is 6. The van der Waals surface area contributed by atoms with Crippen molar-refractivity contribution in [3.05, 3.63) is 65.2 Å². The van der Waals surface area contributed by atoms with Gasteiger partial charge < -0.3 is 5.11 Å². The Bertz CT molecular complexity index is 1040. The number of hydrogen-bond acceptors (Lipinski definition) is 3. The topological polar surface area (TPSA) is 57.6 Å². The lowest BCUT2D eigenvalue weighted by Crippen LogP contribution is -2.45. The average molecular weight is 481 g/mol. The third kappa shape index (κ3) is 5.26. The number of aliphatic hydroxyl groups is 1. The first kappa shape index (κ1) is 24.5. The van der Waals surface area contributed by atoms with Gasteiger partial charge in [-0.2, -0.15) is 30.6 Å². The molecule has 3 rings (SSSR count). The van der Waals surface area contributed by atoms with Crippen molar-refractivity contribution in [3.8, 4) is 0 Å². The molecule has 0 unspecified atom stereocenters. The van der Waals surface area contributed by atoms with Crippen molar-refractivity contribution < 1.29 is 39.9 Å². The van der Waals surface area contributed by atoms with Crippen LogP contribution in [0.1, 0.15) is 29.5 Å². The molecule has 2 aromatic rings. The maximum absolute atomic E-state index is 13.0. The first-order valence-corrected chi connectivity index (χ1v) is 11.2. The summed E-state index contributed by atoms with van der Waals surface area (Å²) in [5.74, 6) is 0. The van der Waals surface area contributed by atoms with Crippen LogP contribution in [0.5, 0.6) is 0 Å². The average Bonchev–Trinajstić information content (AvgIpc) is 2.73. The van der Waals surface area contributed by atoms with Crippen molar-refractivity contribution in [3.63, 3.8) is 0 Å². The van der Waals surface area contributed by atoms with E-state index in [1.807, 2.05) is 0 Å². The zero-order valence-electron chi connectivity index (χ0n) is 16.7. The second-order valence-electron chi connectivity index (χ2n) is 7.96. The number of nitrogens with zero attached hydrogens (tertiary/aromatic N) is 1. The minimum atomic E-state index is -4.59. The summed E-state index contributed by atoms with van der Waals surface area (Å²) in [6.45, 7) is -0.358. The van der Waals surface area contributed by atoms with Crippen LogP contribution in [0.25, 0.3) is 0 Å². The Morgan fingerprint density at radius 1 is 0.875 bits per heavy atom. The standard InChI is InChI=1S/C21H21F6NO3S/c22-20(23,24)16-4-6-18(7-5-16)32(30,31)28-10-8-19(14-29,9-11-28)13-15-2-1-3-17(12-15)21(25,26)27/h1-7,12,29H,8-11,13-14H2. The largest absolute Gasteiger partial charge is 0.416 e. The van der Waals surface area contributed by atoms with E-state index in [1.54, 1.807) is 0 Å². The molecule has 1 heterocycles. The zero-order valence-corrected chi connectivity index (χ0v) is 17.6. The maximum atomic E-state index is 13.0. The second kappa shape index (κ2) is 8.68. The molecule has 2 aromatic carbocycles. The lowest BCUT2D eigenvalue weighted by atomic mass is 9.75. The smallest absolute Gasteiger partial charge is 0.396 e. The fraction of sp³-hybridized carbons (Fsp3) is 0.429. The van der Waals surface area contributed by atoms with E-state index in [2.05, 4.69) is 0 Å². The summed E-state index contributed by atoms with van der Waals surface area (Å²) in [6.07, 6.45) is -8.56. The Labute approximate surface area is 181 Å². The van der Waals surface area contributed by atoms with Gasteiger partial charge in [-0.25, -0.2) is 8.42 Å². The second-order valence-corrected chi connectivity index (χ2v) is 9.90. The van der Waals surface area contributed by atoms with Crippen molar-refractivity contribution in [2.24, 2.45) is 5.41 Å². The lowest BCUT2D eigenvalue weighted by molar-refractivity contribution is -0.138. The third-order valence-corrected chi connectivity index (χ3v) is 7.68. The van der Waals surface area contributed by atoms with Crippen LogP contribution in [0.2, 0.25) is 0 Å². The number of halogens is 6. The van der Waals surface area contributed by atoms with Crippen LogP contribution >= 0.6 is 0 Å². The fourth-order valence-electron chi connectivity index (χ4n) is 3.85. The van der Waals surface area contributed by atoms with Crippen LogP contribution in [0.15, 0.2) is 53.4 Å². The normalized spacial score (nSPS) is 18.0. The van der Waals surface area contributed by atoms with E-state index < -0.39 is 38.9 Å². The predicted molar refractivity (Wildman–Crippen MR) is 104 cm³/mol. The molecule has 0 atom stereocenters. The third-order valence-electron chi connectivity index (χ3n) is 5.77. The summed E-state index contributed by atoms with van der Waals surface area (Å²) < 4.78 is 104. The van der Waals surface area contributed by atoms with Gasteiger partial charge in [-0.1, -0.05) is 18.2 Å². The highest BCUT2D eigenvalue weighted by atomic mass is 32.2. The maximum Gasteiger partial charge on any atom is 0.416 e. The molecular weight excluding hydrogens is 460 g/mol. The zero-order chi connectivity index (χ0) is 23.8. The number of benzene rings is 2. The van der Waals surface area contributed by atoms with Crippen LogP contribution < -0.4 is 0 Å². The van der Waals surface area contributed by atoms with Crippen molar-refractivity contribution in [2.45, 2.75) is 36.5 Å². The van der Waals surface area contributed by atoms with Crippen LogP contribution in [0.3, 0.4) is 0 Å². The summed E-state index contributed by atoms with van der Waals surface area (Å²) in [5.41, 5.74) is -2.18. The van der Waals surface area contributed by atoms with Gasteiger partial charge in [-0.3, -0.25) is 0 Å². The fourth-order valence-corrected chi connectivity index (χ4v) is 5.29. The van der Waals surface area contributed by atoms with Crippen LogP contribution in [0, 0.1) is 5.41 Å². The summed E-state index contributed by atoms with van der Waals surface area (Å²) >= 11 is 0.